The second-order valence-electron chi connectivity index (χ2n) is 5.13. The summed E-state index contributed by atoms with van der Waals surface area (Å²) in [5.41, 5.74) is -0.557. The van der Waals surface area contributed by atoms with Gasteiger partial charge in [-0.05, 0) is 20.8 Å². The first kappa shape index (κ1) is 14.2. The molecule has 100 valence electrons. The molecule has 1 rings (SSSR count). The molecule has 0 aliphatic carbocycles. The van der Waals surface area contributed by atoms with Crippen LogP contribution in [0.5, 0.6) is 0 Å². The Bertz CT molecular complexity index is 251. The van der Waals surface area contributed by atoms with Crippen molar-refractivity contribution in [2.75, 3.05) is 26.3 Å². The lowest BCUT2D eigenvalue weighted by Crippen LogP contribution is -2.53. The van der Waals surface area contributed by atoms with Crippen LogP contribution >= 0.6 is 0 Å². The molecule has 1 fully saturated rings. The Morgan fingerprint density at radius 3 is 2.12 bits per heavy atom. The molecule has 2 N–H and O–H groups in total. The lowest BCUT2D eigenvalue weighted by Gasteiger charge is -2.37. The average molecular weight is 247 g/mol. The van der Waals surface area contributed by atoms with Gasteiger partial charge < -0.3 is 24.6 Å². The Morgan fingerprint density at radius 2 is 1.76 bits per heavy atom. The van der Waals surface area contributed by atoms with Crippen molar-refractivity contribution in [2.24, 2.45) is 0 Å². The van der Waals surface area contributed by atoms with Crippen LogP contribution in [0.3, 0.4) is 0 Å². The quantitative estimate of drug-likeness (QED) is 0.716. The molecule has 0 aromatic heterocycles. The van der Waals surface area contributed by atoms with E-state index in [1.807, 2.05) is 0 Å². The summed E-state index contributed by atoms with van der Waals surface area (Å²) in [7, 11) is 0. The van der Waals surface area contributed by atoms with Gasteiger partial charge in [0.05, 0.1) is 38.5 Å². The maximum Gasteiger partial charge on any atom is 0.410 e. The minimum Gasteiger partial charge on any atom is -0.444 e. The van der Waals surface area contributed by atoms with E-state index in [2.05, 4.69) is 0 Å². The fourth-order valence-electron chi connectivity index (χ4n) is 1.60. The first-order valence-corrected chi connectivity index (χ1v) is 5.71. The fourth-order valence-corrected chi connectivity index (χ4v) is 1.60. The molecule has 0 bridgehead atoms. The number of amides is 1. The van der Waals surface area contributed by atoms with E-state index in [9.17, 15) is 4.79 Å². The van der Waals surface area contributed by atoms with Crippen molar-refractivity contribution in [3.8, 4) is 0 Å². The van der Waals surface area contributed by atoms with Crippen LogP contribution in [0.25, 0.3) is 0 Å². The molecule has 0 saturated carbocycles. The molecule has 1 aliphatic rings. The lowest BCUT2D eigenvalue weighted by molar-refractivity contribution is -0.116. The van der Waals surface area contributed by atoms with Crippen LogP contribution in [0, 0.1) is 0 Å². The Labute approximate surface area is 101 Å². The molecule has 6 nitrogen and oxygen atoms in total. The van der Waals surface area contributed by atoms with E-state index in [-0.39, 0.29) is 26.3 Å². The molecule has 0 aromatic carbocycles. The van der Waals surface area contributed by atoms with Gasteiger partial charge in [-0.3, -0.25) is 0 Å². The molecule has 17 heavy (non-hydrogen) atoms. The third-order valence-electron chi connectivity index (χ3n) is 2.29. The molecular weight excluding hydrogens is 226 g/mol. The summed E-state index contributed by atoms with van der Waals surface area (Å²) in [6.07, 6.45) is -1.38. The van der Waals surface area contributed by atoms with E-state index in [1.54, 1.807) is 20.8 Å². The first-order valence-electron chi connectivity index (χ1n) is 5.71. The van der Waals surface area contributed by atoms with Gasteiger partial charge in [0.2, 0.25) is 0 Å². The first-order chi connectivity index (χ1) is 7.85. The van der Waals surface area contributed by atoms with Gasteiger partial charge in [0.1, 0.15) is 5.60 Å². The third-order valence-corrected chi connectivity index (χ3v) is 2.29. The fraction of sp³-hybridized carbons (Fsp3) is 0.909. The van der Waals surface area contributed by atoms with Crippen LogP contribution in [-0.4, -0.2) is 65.3 Å². The molecule has 0 spiro atoms. The highest BCUT2D eigenvalue weighted by molar-refractivity contribution is 5.68. The summed E-state index contributed by atoms with van der Waals surface area (Å²) in [5, 5.41) is 18.1. The van der Waals surface area contributed by atoms with E-state index in [0.717, 1.165) is 0 Å². The summed E-state index contributed by atoms with van der Waals surface area (Å²) in [6, 6.07) is 0. The second kappa shape index (κ2) is 5.66. The second-order valence-corrected chi connectivity index (χ2v) is 5.13. The van der Waals surface area contributed by atoms with Crippen molar-refractivity contribution < 1.29 is 24.5 Å². The molecule has 6 heteroatoms. The van der Waals surface area contributed by atoms with Crippen molar-refractivity contribution in [3.63, 3.8) is 0 Å². The number of aliphatic hydroxyl groups excluding tert-OH is 2. The largest absolute Gasteiger partial charge is 0.444 e. The molecule has 1 heterocycles. The number of morpholine rings is 1. The molecular formula is C11H21NO5. The van der Waals surface area contributed by atoms with E-state index in [4.69, 9.17) is 19.7 Å². The zero-order valence-corrected chi connectivity index (χ0v) is 10.5. The van der Waals surface area contributed by atoms with E-state index >= 15 is 0 Å². The maximum atomic E-state index is 11.8. The smallest absolute Gasteiger partial charge is 0.410 e. The molecule has 1 aliphatic heterocycles. The van der Waals surface area contributed by atoms with Crippen LogP contribution in [0.15, 0.2) is 0 Å². The molecule has 0 unspecified atom stereocenters. The lowest BCUT2D eigenvalue weighted by atomic mass is 10.2. The Hall–Kier alpha value is -0.850. The van der Waals surface area contributed by atoms with Gasteiger partial charge in [0, 0.05) is 0 Å². The normalized spacial score (nSPS) is 25.8. The summed E-state index contributed by atoms with van der Waals surface area (Å²) in [4.78, 5) is 13.3. The Balaban J connectivity index is 2.59. The van der Waals surface area contributed by atoms with Crippen molar-refractivity contribution in [3.05, 3.63) is 0 Å². The predicted octanol–water partition coefficient (Wildman–Crippen LogP) is -0.0245. The van der Waals surface area contributed by atoms with Gasteiger partial charge in [0.25, 0.3) is 0 Å². The number of carbonyl (C=O) groups is 1. The number of aliphatic hydroxyl groups is 2. The van der Waals surface area contributed by atoms with Gasteiger partial charge in [-0.2, -0.15) is 0 Å². The van der Waals surface area contributed by atoms with Crippen molar-refractivity contribution in [1.29, 1.82) is 0 Å². The predicted molar refractivity (Wildman–Crippen MR) is 60.6 cm³/mol. The van der Waals surface area contributed by atoms with Gasteiger partial charge in [-0.15, -0.1) is 0 Å². The van der Waals surface area contributed by atoms with Gasteiger partial charge >= 0.3 is 6.09 Å². The van der Waals surface area contributed by atoms with Crippen molar-refractivity contribution in [2.45, 2.75) is 38.6 Å². The average Bonchev–Trinajstić information content (AvgIpc) is 2.26. The minimum atomic E-state index is -0.557. The highest BCUT2D eigenvalue weighted by atomic mass is 16.6. The number of nitrogens with zero attached hydrogens (tertiary/aromatic N) is 1. The summed E-state index contributed by atoms with van der Waals surface area (Å²) < 4.78 is 10.6. The Morgan fingerprint density at radius 1 is 1.29 bits per heavy atom. The number of ether oxygens (including phenoxy) is 2. The molecule has 2 atom stereocenters. The number of hydrogen-bond donors (Lipinski definition) is 2. The third kappa shape index (κ3) is 4.49. The van der Waals surface area contributed by atoms with E-state index in [1.165, 1.54) is 4.90 Å². The zero-order chi connectivity index (χ0) is 13.1. The number of carbonyl (C=O) groups excluding carboxylic acids is 1. The van der Waals surface area contributed by atoms with Crippen LogP contribution in [0.2, 0.25) is 0 Å². The monoisotopic (exact) mass is 247 g/mol. The molecule has 1 amide bonds. The number of rotatable bonds is 2. The van der Waals surface area contributed by atoms with Gasteiger partial charge in [0.15, 0.2) is 0 Å². The summed E-state index contributed by atoms with van der Waals surface area (Å²) in [6.45, 7) is 5.56. The molecule has 1 saturated heterocycles. The highest BCUT2D eigenvalue weighted by Gasteiger charge is 2.32. The van der Waals surface area contributed by atoms with Crippen molar-refractivity contribution in [1.82, 2.24) is 4.90 Å². The van der Waals surface area contributed by atoms with Crippen molar-refractivity contribution >= 4 is 6.09 Å². The van der Waals surface area contributed by atoms with E-state index in [0.29, 0.717) is 0 Å². The standard InChI is InChI=1S/C11H21NO5/c1-11(2,3)17-10(15)12-4-8(6-13)16-9(5-12)7-14/h8-9,13-14H,4-7H2,1-3H3/t8-,9+. The van der Waals surface area contributed by atoms with Crippen LogP contribution in [-0.2, 0) is 9.47 Å². The summed E-state index contributed by atoms with van der Waals surface area (Å²) >= 11 is 0. The zero-order valence-electron chi connectivity index (χ0n) is 10.5. The maximum absolute atomic E-state index is 11.8. The molecule has 0 radical (unpaired) electrons. The van der Waals surface area contributed by atoms with Crippen LogP contribution in [0.4, 0.5) is 4.79 Å². The summed E-state index contributed by atoms with van der Waals surface area (Å²) in [5.74, 6) is 0. The topological polar surface area (TPSA) is 79.2 Å². The van der Waals surface area contributed by atoms with Crippen LogP contribution in [0.1, 0.15) is 20.8 Å². The van der Waals surface area contributed by atoms with Crippen LogP contribution < -0.4 is 0 Å². The Kier molecular flexibility index (Phi) is 4.73. The SMILES string of the molecule is CC(C)(C)OC(=O)N1C[C@@H](CO)O[C@@H](CO)C1. The van der Waals surface area contributed by atoms with E-state index < -0.39 is 23.9 Å². The van der Waals surface area contributed by atoms with Gasteiger partial charge in [-0.25, -0.2) is 4.79 Å². The molecule has 0 aromatic rings. The minimum absolute atomic E-state index is 0.185. The number of hydrogen-bond acceptors (Lipinski definition) is 5. The van der Waals surface area contributed by atoms with Gasteiger partial charge in [-0.1, -0.05) is 0 Å². The highest BCUT2D eigenvalue weighted by Crippen LogP contribution is 2.15.